The lowest BCUT2D eigenvalue weighted by molar-refractivity contribution is -0.162. The second-order valence-corrected chi connectivity index (χ2v) is 8.54. The molecule has 1 aliphatic carbocycles. The van der Waals surface area contributed by atoms with Crippen molar-refractivity contribution >= 4 is 17.5 Å². The molecular weight excluding hydrogens is 360 g/mol. The molecule has 2 fully saturated rings. The maximum absolute atomic E-state index is 14.0. The topological polar surface area (TPSA) is 40.6 Å². The van der Waals surface area contributed by atoms with Crippen LogP contribution >= 0.6 is 0 Å². The van der Waals surface area contributed by atoms with Gasteiger partial charge >= 0.3 is 0 Å². The van der Waals surface area contributed by atoms with Crippen molar-refractivity contribution in [1.29, 1.82) is 0 Å². The van der Waals surface area contributed by atoms with Crippen LogP contribution < -0.4 is 4.90 Å². The summed E-state index contributed by atoms with van der Waals surface area (Å²) >= 11 is 0. The lowest BCUT2D eigenvalue weighted by Crippen LogP contribution is -2.71. The molecule has 4 nitrogen and oxygen atoms in total. The number of nitrogens with zero attached hydrogens (tertiary/aromatic N) is 2. The number of benzene rings is 2. The van der Waals surface area contributed by atoms with E-state index in [0.717, 1.165) is 23.2 Å². The van der Waals surface area contributed by atoms with Crippen molar-refractivity contribution in [3.8, 4) is 0 Å². The summed E-state index contributed by atoms with van der Waals surface area (Å²) in [6.07, 6.45) is 3.24. The van der Waals surface area contributed by atoms with Gasteiger partial charge in [0.2, 0.25) is 11.8 Å². The van der Waals surface area contributed by atoms with Crippen molar-refractivity contribution in [1.82, 2.24) is 4.90 Å². The highest BCUT2D eigenvalue weighted by atomic mass is 16.2. The van der Waals surface area contributed by atoms with E-state index in [1.165, 1.54) is 0 Å². The lowest BCUT2D eigenvalue weighted by Gasteiger charge is -2.63. The summed E-state index contributed by atoms with van der Waals surface area (Å²) in [5, 5.41) is 0. The summed E-state index contributed by atoms with van der Waals surface area (Å²) < 4.78 is 0. The molecule has 3 atom stereocenters. The van der Waals surface area contributed by atoms with E-state index in [1.807, 2.05) is 46.2 Å². The Morgan fingerprint density at radius 1 is 1.07 bits per heavy atom. The first-order valence-corrected chi connectivity index (χ1v) is 10.5. The van der Waals surface area contributed by atoms with Crippen LogP contribution in [-0.2, 0) is 21.5 Å². The van der Waals surface area contributed by atoms with E-state index >= 15 is 0 Å². The highest BCUT2D eigenvalue weighted by Crippen LogP contribution is 2.70. The fourth-order valence-corrected chi connectivity index (χ4v) is 6.24. The summed E-state index contributed by atoms with van der Waals surface area (Å²) in [4.78, 5) is 31.6. The van der Waals surface area contributed by atoms with Gasteiger partial charge in [-0.25, -0.2) is 0 Å². The smallest absolute Gasteiger partial charge is 0.235 e. The van der Waals surface area contributed by atoms with Crippen LogP contribution in [0.3, 0.4) is 0 Å². The van der Waals surface area contributed by atoms with E-state index in [4.69, 9.17) is 0 Å². The van der Waals surface area contributed by atoms with Gasteiger partial charge in [0.1, 0.15) is 0 Å². The van der Waals surface area contributed by atoms with Gasteiger partial charge in [-0.1, -0.05) is 61.5 Å². The molecule has 1 saturated heterocycles. The van der Waals surface area contributed by atoms with E-state index in [2.05, 4.69) is 31.7 Å². The second kappa shape index (κ2) is 6.31. The zero-order valence-corrected chi connectivity index (χ0v) is 16.8. The minimum Gasteiger partial charge on any atom is -0.338 e. The average molecular weight is 386 g/mol. The molecule has 2 amide bonds. The van der Waals surface area contributed by atoms with Crippen molar-refractivity contribution in [2.24, 2.45) is 11.3 Å². The van der Waals surface area contributed by atoms with Crippen LogP contribution in [0.2, 0.25) is 0 Å². The minimum atomic E-state index is -0.717. The fraction of sp³-hybridized carbons (Fsp3) is 0.360. The van der Waals surface area contributed by atoms with Gasteiger partial charge in [0.15, 0.2) is 0 Å². The Morgan fingerprint density at radius 2 is 1.79 bits per heavy atom. The molecule has 2 aromatic rings. The molecule has 2 aliphatic heterocycles. The van der Waals surface area contributed by atoms with Crippen LogP contribution in [-0.4, -0.2) is 29.8 Å². The van der Waals surface area contributed by atoms with E-state index in [0.29, 0.717) is 26.1 Å². The average Bonchev–Trinajstić information content (AvgIpc) is 2.95. The number of amides is 2. The Balaban J connectivity index is 1.68. The normalized spacial score (nSPS) is 29.8. The maximum Gasteiger partial charge on any atom is 0.235 e. The Morgan fingerprint density at radius 3 is 2.52 bits per heavy atom. The van der Waals surface area contributed by atoms with Crippen molar-refractivity contribution in [2.45, 2.75) is 31.7 Å². The molecule has 0 bridgehead atoms. The molecule has 3 aliphatic rings. The number of rotatable bonds is 5. The molecule has 1 saturated carbocycles. The SMILES string of the molecule is C=CCN1CC2CC3(CC)C(=O)N(Cc4ccccc4)c4ccccc4C23C1=O. The Bertz CT molecular complexity index is 1000. The molecule has 29 heavy (non-hydrogen) atoms. The number of likely N-dealkylation sites (tertiary alicyclic amines) is 1. The van der Waals surface area contributed by atoms with E-state index in [9.17, 15) is 9.59 Å². The Hall–Kier alpha value is -2.88. The highest BCUT2D eigenvalue weighted by molar-refractivity contribution is 6.12. The molecule has 5 rings (SSSR count). The van der Waals surface area contributed by atoms with Gasteiger partial charge < -0.3 is 9.80 Å². The third-order valence-corrected chi connectivity index (χ3v) is 7.44. The number of carbonyl (C=O) groups is 2. The van der Waals surface area contributed by atoms with Crippen LogP contribution in [0.25, 0.3) is 0 Å². The number of anilines is 1. The predicted octanol–water partition coefficient (Wildman–Crippen LogP) is 3.92. The number of fused-ring (bicyclic) bond motifs is 1. The Labute approximate surface area is 171 Å². The number of carbonyl (C=O) groups excluding carboxylic acids is 2. The fourth-order valence-electron chi connectivity index (χ4n) is 6.24. The van der Waals surface area contributed by atoms with Crippen molar-refractivity contribution in [3.05, 3.63) is 78.4 Å². The quantitative estimate of drug-likeness (QED) is 0.731. The van der Waals surface area contributed by atoms with Gasteiger partial charge in [-0.3, -0.25) is 9.59 Å². The van der Waals surface area contributed by atoms with Crippen LogP contribution in [0.15, 0.2) is 67.3 Å². The van der Waals surface area contributed by atoms with Crippen LogP contribution in [0.5, 0.6) is 0 Å². The van der Waals surface area contributed by atoms with Crippen LogP contribution in [0.1, 0.15) is 30.9 Å². The Kier molecular flexibility index (Phi) is 3.95. The van der Waals surface area contributed by atoms with Crippen LogP contribution in [0, 0.1) is 11.3 Å². The van der Waals surface area contributed by atoms with Gasteiger partial charge in [0.05, 0.1) is 17.4 Å². The lowest BCUT2D eigenvalue weighted by atomic mass is 9.39. The van der Waals surface area contributed by atoms with Gasteiger partial charge in [-0.05, 0) is 36.0 Å². The molecule has 0 N–H and O–H groups in total. The molecular formula is C25H26N2O2. The first-order valence-electron chi connectivity index (χ1n) is 10.5. The molecule has 3 unspecified atom stereocenters. The zero-order valence-electron chi connectivity index (χ0n) is 16.8. The summed E-state index contributed by atoms with van der Waals surface area (Å²) in [5.74, 6) is 0.405. The molecule has 148 valence electrons. The monoisotopic (exact) mass is 386 g/mol. The molecule has 2 heterocycles. The molecule has 0 aromatic heterocycles. The van der Waals surface area contributed by atoms with E-state index in [-0.39, 0.29) is 17.7 Å². The number of hydrogen-bond acceptors (Lipinski definition) is 2. The summed E-state index contributed by atoms with van der Waals surface area (Å²) in [7, 11) is 0. The summed E-state index contributed by atoms with van der Waals surface area (Å²) in [6.45, 7) is 7.67. The van der Waals surface area contributed by atoms with Crippen molar-refractivity contribution in [2.75, 3.05) is 18.0 Å². The standard InChI is InChI=1S/C25H26N2O2/c1-3-14-26-17-19-15-24(4-2)22(28)27(16-18-10-6-5-7-11-18)21-13-9-8-12-20(21)25(19,24)23(26)29/h3,5-13,19H,1,4,14-17H2,2H3. The van der Waals surface area contributed by atoms with Gasteiger partial charge in [0, 0.05) is 18.8 Å². The minimum absolute atomic E-state index is 0.104. The largest absolute Gasteiger partial charge is 0.338 e. The maximum atomic E-state index is 14.0. The van der Waals surface area contributed by atoms with Gasteiger partial charge in [0.25, 0.3) is 0 Å². The third-order valence-electron chi connectivity index (χ3n) is 7.44. The number of hydrogen-bond donors (Lipinski definition) is 0. The van der Waals surface area contributed by atoms with E-state index in [1.54, 1.807) is 6.08 Å². The van der Waals surface area contributed by atoms with Crippen LogP contribution in [0.4, 0.5) is 5.69 Å². The zero-order chi connectivity index (χ0) is 20.2. The second-order valence-electron chi connectivity index (χ2n) is 8.54. The van der Waals surface area contributed by atoms with Crippen molar-refractivity contribution < 1.29 is 9.59 Å². The van der Waals surface area contributed by atoms with Crippen molar-refractivity contribution in [3.63, 3.8) is 0 Å². The summed E-state index contributed by atoms with van der Waals surface area (Å²) in [5.41, 5.74) is 1.66. The van der Waals surface area contributed by atoms with Gasteiger partial charge in [-0.2, -0.15) is 0 Å². The van der Waals surface area contributed by atoms with E-state index < -0.39 is 10.8 Å². The summed E-state index contributed by atoms with van der Waals surface area (Å²) in [6, 6.07) is 18.1. The van der Waals surface area contributed by atoms with Gasteiger partial charge in [-0.15, -0.1) is 6.58 Å². The highest BCUT2D eigenvalue weighted by Gasteiger charge is 2.78. The predicted molar refractivity (Wildman–Crippen MR) is 113 cm³/mol. The number of para-hydroxylation sites is 1. The first-order chi connectivity index (χ1) is 14.1. The molecule has 2 aromatic carbocycles. The third kappa shape index (κ3) is 2.09. The molecule has 0 radical (unpaired) electrons. The molecule has 1 spiro atoms. The molecule has 4 heteroatoms. The first kappa shape index (κ1) is 18.2.